The quantitative estimate of drug-likeness (QED) is 0.868. The normalized spacial score (nSPS) is 24.2. The second-order valence-electron chi connectivity index (χ2n) is 4.67. The van der Waals surface area contributed by atoms with Crippen LogP contribution in [0.2, 0.25) is 0 Å². The van der Waals surface area contributed by atoms with Crippen molar-refractivity contribution in [2.24, 2.45) is 0 Å². The molecule has 108 valence electrons. The van der Waals surface area contributed by atoms with Crippen molar-refractivity contribution >= 4 is 10.0 Å². The van der Waals surface area contributed by atoms with Gasteiger partial charge in [-0.1, -0.05) is 12.1 Å². The topological polar surface area (TPSA) is 90.6 Å². The van der Waals surface area contributed by atoms with Gasteiger partial charge in [0.15, 0.2) is 0 Å². The molecule has 0 spiro atoms. The zero-order valence-corrected chi connectivity index (χ0v) is 11.9. The second-order valence-corrected chi connectivity index (χ2v) is 6.53. The number of nitrogens with zero attached hydrogens (tertiary/aromatic N) is 2. The van der Waals surface area contributed by atoms with Crippen LogP contribution in [0.4, 0.5) is 0 Å². The van der Waals surface area contributed by atoms with Crippen molar-refractivity contribution in [2.75, 3.05) is 19.8 Å². The third-order valence-corrected chi connectivity index (χ3v) is 5.28. The molecule has 0 saturated carbocycles. The molecular formula is C13H16N2O4S. The van der Waals surface area contributed by atoms with Gasteiger partial charge in [-0.05, 0) is 19.1 Å². The fraction of sp³-hybridized carbons (Fsp3) is 0.462. The fourth-order valence-electron chi connectivity index (χ4n) is 2.15. The van der Waals surface area contributed by atoms with Gasteiger partial charge in [-0.15, -0.1) is 0 Å². The summed E-state index contributed by atoms with van der Waals surface area (Å²) in [4.78, 5) is -0.00654. The van der Waals surface area contributed by atoms with Crippen molar-refractivity contribution in [3.8, 4) is 6.07 Å². The number of aliphatic hydroxyl groups excluding tert-OH is 1. The van der Waals surface area contributed by atoms with Gasteiger partial charge in [-0.3, -0.25) is 0 Å². The third-order valence-electron chi connectivity index (χ3n) is 3.25. The Balaban J connectivity index is 2.41. The molecule has 1 aliphatic rings. The summed E-state index contributed by atoms with van der Waals surface area (Å²) in [5.41, 5.74) is 0.117. The third kappa shape index (κ3) is 2.69. The van der Waals surface area contributed by atoms with E-state index in [-0.39, 0.29) is 36.3 Å². The maximum absolute atomic E-state index is 12.7. The van der Waals surface area contributed by atoms with E-state index in [0.29, 0.717) is 0 Å². The Labute approximate surface area is 118 Å². The van der Waals surface area contributed by atoms with Gasteiger partial charge in [-0.2, -0.15) is 9.57 Å². The fourth-order valence-corrected chi connectivity index (χ4v) is 3.94. The van der Waals surface area contributed by atoms with Crippen molar-refractivity contribution in [2.45, 2.75) is 24.0 Å². The van der Waals surface area contributed by atoms with Gasteiger partial charge in [0.25, 0.3) is 0 Å². The van der Waals surface area contributed by atoms with Crippen LogP contribution >= 0.6 is 0 Å². The largest absolute Gasteiger partial charge is 0.394 e. The summed E-state index contributed by atoms with van der Waals surface area (Å²) in [6.45, 7) is 1.80. The first-order valence-corrected chi connectivity index (χ1v) is 7.68. The predicted molar refractivity (Wildman–Crippen MR) is 71.3 cm³/mol. The van der Waals surface area contributed by atoms with E-state index in [0.717, 1.165) is 0 Å². The van der Waals surface area contributed by atoms with Crippen molar-refractivity contribution in [1.82, 2.24) is 4.31 Å². The first-order valence-electron chi connectivity index (χ1n) is 6.24. The number of sulfonamides is 1. The minimum atomic E-state index is -3.78. The highest BCUT2D eigenvalue weighted by Crippen LogP contribution is 2.24. The monoisotopic (exact) mass is 296 g/mol. The first kappa shape index (κ1) is 14.9. The lowest BCUT2D eigenvalue weighted by Crippen LogP contribution is -2.51. The summed E-state index contributed by atoms with van der Waals surface area (Å²) < 4.78 is 32.0. The van der Waals surface area contributed by atoms with Crippen LogP contribution in [0.25, 0.3) is 0 Å². The molecule has 7 heteroatoms. The van der Waals surface area contributed by atoms with E-state index in [9.17, 15) is 8.42 Å². The molecule has 0 radical (unpaired) electrons. The van der Waals surface area contributed by atoms with Crippen molar-refractivity contribution in [3.63, 3.8) is 0 Å². The molecule has 1 aliphatic heterocycles. The highest BCUT2D eigenvalue weighted by molar-refractivity contribution is 7.89. The molecule has 1 aromatic carbocycles. The van der Waals surface area contributed by atoms with Crippen LogP contribution in [0.15, 0.2) is 29.2 Å². The van der Waals surface area contributed by atoms with Crippen LogP contribution in [0.5, 0.6) is 0 Å². The van der Waals surface area contributed by atoms with E-state index in [1.807, 2.05) is 6.07 Å². The average molecular weight is 296 g/mol. The summed E-state index contributed by atoms with van der Waals surface area (Å²) in [6.07, 6.45) is -0.532. The average Bonchev–Trinajstić information content (AvgIpc) is 2.47. The number of morpholine rings is 1. The van der Waals surface area contributed by atoms with E-state index in [1.54, 1.807) is 19.1 Å². The molecular weight excluding hydrogens is 280 g/mol. The van der Waals surface area contributed by atoms with Gasteiger partial charge < -0.3 is 9.84 Å². The van der Waals surface area contributed by atoms with E-state index in [2.05, 4.69) is 0 Å². The summed E-state index contributed by atoms with van der Waals surface area (Å²) in [5, 5.41) is 18.2. The number of rotatable bonds is 3. The molecule has 1 aromatic rings. The Hall–Kier alpha value is -1.46. The van der Waals surface area contributed by atoms with Crippen LogP contribution in [-0.4, -0.2) is 49.7 Å². The van der Waals surface area contributed by atoms with Crippen LogP contribution in [0.1, 0.15) is 12.5 Å². The van der Waals surface area contributed by atoms with Crippen molar-refractivity contribution in [3.05, 3.63) is 29.8 Å². The number of nitriles is 1. The molecule has 2 rings (SSSR count). The van der Waals surface area contributed by atoms with Crippen LogP contribution < -0.4 is 0 Å². The molecule has 1 fully saturated rings. The number of aliphatic hydroxyl groups is 1. The van der Waals surface area contributed by atoms with Gasteiger partial charge >= 0.3 is 0 Å². The molecule has 2 atom stereocenters. The van der Waals surface area contributed by atoms with E-state index in [4.69, 9.17) is 15.1 Å². The van der Waals surface area contributed by atoms with E-state index in [1.165, 1.54) is 16.4 Å². The zero-order chi connectivity index (χ0) is 14.8. The smallest absolute Gasteiger partial charge is 0.244 e. The maximum atomic E-state index is 12.7. The van der Waals surface area contributed by atoms with Gasteiger partial charge in [-0.25, -0.2) is 8.42 Å². The molecule has 1 N–H and O–H groups in total. The second kappa shape index (κ2) is 5.89. The molecule has 1 saturated heterocycles. The maximum Gasteiger partial charge on any atom is 0.244 e. The van der Waals surface area contributed by atoms with Gasteiger partial charge in [0.05, 0.1) is 29.8 Å². The summed E-state index contributed by atoms with van der Waals surface area (Å²) in [6, 6.07) is 7.66. The SMILES string of the molecule is CC1COC(CO)CN1S(=O)(=O)c1ccccc1C#N. The minimum absolute atomic E-state index is 0.00654. The van der Waals surface area contributed by atoms with E-state index >= 15 is 0 Å². The van der Waals surface area contributed by atoms with Gasteiger partial charge in [0, 0.05) is 12.6 Å². The predicted octanol–water partition coefficient (Wildman–Crippen LogP) is 0.329. The van der Waals surface area contributed by atoms with Crippen LogP contribution in [-0.2, 0) is 14.8 Å². The lowest BCUT2D eigenvalue weighted by atomic mass is 10.2. The molecule has 20 heavy (non-hydrogen) atoms. The van der Waals surface area contributed by atoms with Crippen molar-refractivity contribution in [1.29, 1.82) is 5.26 Å². The Morgan fingerprint density at radius 3 is 2.85 bits per heavy atom. The molecule has 0 bridgehead atoms. The summed E-state index contributed by atoms with van der Waals surface area (Å²) in [7, 11) is -3.78. The number of ether oxygens (including phenoxy) is 1. The zero-order valence-electron chi connectivity index (χ0n) is 11.1. The Kier molecular flexibility index (Phi) is 4.40. The summed E-state index contributed by atoms with van der Waals surface area (Å²) in [5.74, 6) is 0. The molecule has 2 unspecified atom stereocenters. The number of hydrogen-bond acceptors (Lipinski definition) is 5. The lowest BCUT2D eigenvalue weighted by Gasteiger charge is -2.36. The Bertz CT molecular complexity index is 624. The van der Waals surface area contributed by atoms with E-state index < -0.39 is 16.1 Å². The summed E-state index contributed by atoms with van der Waals surface area (Å²) >= 11 is 0. The van der Waals surface area contributed by atoms with Crippen LogP contribution in [0, 0.1) is 11.3 Å². The Morgan fingerprint density at radius 2 is 2.20 bits per heavy atom. The highest BCUT2D eigenvalue weighted by Gasteiger charge is 2.36. The highest BCUT2D eigenvalue weighted by atomic mass is 32.2. The molecule has 0 aliphatic carbocycles. The standard InChI is InChI=1S/C13H16N2O4S/c1-10-9-19-12(8-16)7-15(10)20(17,18)13-5-3-2-4-11(13)6-14/h2-5,10,12,16H,7-9H2,1H3. The Morgan fingerprint density at radius 1 is 1.50 bits per heavy atom. The molecule has 6 nitrogen and oxygen atoms in total. The molecule has 0 aromatic heterocycles. The number of benzene rings is 1. The van der Waals surface area contributed by atoms with Gasteiger partial charge in [0.2, 0.25) is 10.0 Å². The minimum Gasteiger partial charge on any atom is -0.394 e. The molecule has 0 amide bonds. The van der Waals surface area contributed by atoms with Crippen molar-refractivity contribution < 1.29 is 18.3 Å². The van der Waals surface area contributed by atoms with Crippen LogP contribution in [0.3, 0.4) is 0 Å². The van der Waals surface area contributed by atoms with Gasteiger partial charge in [0.1, 0.15) is 6.07 Å². The number of hydrogen-bond donors (Lipinski definition) is 1. The molecule has 1 heterocycles. The lowest BCUT2D eigenvalue weighted by molar-refractivity contribution is -0.0516. The first-order chi connectivity index (χ1) is 9.50.